The molecule has 4 aromatic carbocycles. The molecule has 1 fully saturated rings. The van der Waals surface area contributed by atoms with Gasteiger partial charge in [-0.15, -0.1) is 21.5 Å². The van der Waals surface area contributed by atoms with Crippen molar-refractivity contribution in [1.29, 1.82) is 0 Å². The largest absolute Gasteiger partial charge is 0.462 e. The van der Waals surface area contributed by atoms with Crippen molar-refractivity contribution in [1.82, 2.24) is 15.0 Å². The summed E-state index contributed by atoms with van der Waals surface area (Å²) in [5.41, 5.74) is 12.3. The van der Waals surface area contributed by atoms with Crippen LogP contribution >= 0.6 is 0 Å². The van der Waals surface area contributed by atoms with Crippen LogP contribution in [0.25, 0.3) is 17.2 Å². The summed E-state index contributed by atoms with van der Waals surface area (Å²) in [6, 6.07) is 27.1. The predicted molar refractivity (Wildman–Crippen MR) is 359 cm³/mol. The molecule has 0 saturated heterocycles. The van der Waals surface area contributed by atoms with Gasteiger partial charge in [0.15, 0.2) is 0 Å². The van der Waals surface area contributed by atoms with E-state index < -0.39 is 17.9 Å². The molecule has 1 aliphatic rings. The van der Waals surface area contributed by atoms with Gasteiger partial charge in [0.1, 0.15) is 45.7 Å². The van der Waals surface area contributed by atoms with Gasteiger partial charge in [-0.2, -0.15) is 0 Å². The second-order valence-corrected chi connectivity index (χ2v) is 20.1. The number of hydrogen-bond donors (Lipinski definition) is 0. The summed E-state index contributed by atoms with van der Waals surface area (Å²) >= 11 is 0. The molecule has 14 nitrogen and oxygen atoms in total. The Balaban J connectivity index is 0.000000544. The van der Waals surface area contributed by atoms with E-state index in [-0.39, 0.29) is 86.4 Å². The van der Waals surface area contributed by atoms with Crippen LogP contribution in [-0.2, 0) is 30.2 Å². The van der Waals surface area contributed by atoms with E-state index in [2.05, 4.69) is 157 Å². The Morgan fingerprint density at radius 3 is 1.22 bits per heavy atom. The Morgan fingerprint density at radius 2 is 0.886 bits per heavy atom. The first-order valence-electron chi connectivity index (χ1n) is 28.6. The highest BCUT2D eigenvalue weighted by Gasteiger charge is 2.31. The zero-order valence-electron chi connectivity index (χ0n) is 53.1. The minimum Gasteiger partial charge on any atom is -0.462 e. The topological polar surface area (TPSA) is 172 Å². The molecule has 1 saturated carbocycles. The highest BCUT2D eigenvalue weighted by molar-refractivity contribution is 6.00. The summed E-state index contributed by atoms with van der Waals surface area (Å²) < 4.78 is 35.7. The van der Waals surface area contributed by atoms with Gasteiger partial charge in [0.2, 0.25) is 0 Å². The van der Waals surface area contributed by atoms with Crippen molar-refractivity contribution in [2.75, 3.05) is 39.6 Å². The van der Waals surface area contributed by atoms with Gasteiger partial charge in [-0.3, -0.25) is 4.79 Å². The summed E-state index contributed by atoms with van der Waals surface area (Å²) in [5, 5.41) is 0. The molecule has 1 heterocycles. The molecule has 5 aromatic rings. The van der Waals surface area contributed by atoms with Crippen LogP contribution in [0.3, 0.4) is 0 Å². The molecule has 88 heavy (non-hydrogen) atoms. The summed E-state index contributed by atoms with van der Waals surface area (Å²) in [5.74, 6) is -1.25. The number of nitrogens with zero attached hydrogens (tertiary/aromatic N) is 3. The average molecular weight is 1200 g/mol. The third kappa shape index (κ3) is 30.9. The van der Waals surface area contributed by atoms with Gasteiger partial charge in [-0.1, -0.05) is 204 Å². The van der Waals surface area contributed by atoms with E-state index in [1.165, 1.54) is 88.7 Å². The van der Waals surface area contributed by atoms with Crippen molar-refractivity contribution in [3.8, 4) is 18.0 Å². The van der Waals surface area contributed by atoms with Crippen molar-refractivity contribution in [2.45, 2.75) is 87.2 Å². The van der Waals surface area contributed by atoms with Crippen LogP contribution < -0.4 is 14.2 Å². The third-order valence-corrected chi connectivity index (χ3v) is 12.2. The predicted octanol–water partition coefficient (Wildman–Crippen LogP) is 16.6. The van der Waals surface area contributed by atoms with Gasteiger partial charge >= 0.3 is 41.9 Å². The lowest BCUT2D eigenvalue weighted by Crippen LogP contribution is -2.32. The SMILES string of the molecule is C=C(C)C1CCC(C)CC1OC(C)=O.C=C(C)c1cccc(C(=C)C)c1.C=CCOC(=O)c1cc(C(=O)OCC=C)cc(C(=O)OCC=C)c1.C=CCOc1nc(OCC=C)nc(OCC=C)n1.C=CCc1ccccc1.C=Cc1c(C)cc(C)cc1C. The van der Waals surface area contributed by atoms with Crippen LogP contribution in [0.15, 0.2) is 205 Å². The van der Waals surface area contributed by atoms with Crippen LogP contribution in [-0.4, -0.2) is 84.6 Å². The lowest BCUT2D eigenvalue weighted by molar-refractivity contribution is -0.150. The molecule has 0 spiro atoms. The van der Waals surface area contributed by atoms with Crippen molar-refractivity contribution >= 4 is 41.1 Å². The number of carbonyl (C=O) groups is 4. The minimum atomic E-state index is -0.703. The van der Waals surface area contributed by atoms with E-state index in [1.54, 1.807) is 18.2 Å². The molecular formula is C74H91N3O11. The van der Waals surface area contributed by atoms with Crippen LogP contribution in [0.1, 0.15) is 124 Å². The fourth-order valence-electron chi connectivity index (χ4n) is 8.13. The van der Waals surface area contributed by atoms with Crippen LogP contribution in [0.5, 0.6) is 18.0 Å². The number of benzene rings is 4. The van der Waals surface area contributed by atoms with Crippen molar-refractivity contribution in [2.24, 2.45) is 11.8 Å². The Kier molecular flexibility index (Phi) is 38.0. The Morgan fingerprint density at radius 1 is 0.500 bits per heavy atom. The number of allylic oxidation sites excluding steroid dienone is 3. The number of aryl methyl sites for hydroxylation is 3. The first-order chi connectivity index (χ1) is 42.0. The average Bonchev–Trinajstić information content (AvgIpc) is 3.67. The number of rotatable bonds is 25. The maximum absolute atomic E-state index is 12.0. The van der Waals surface area contributed by atoms with Gasteiger partial charge in [0.25, 0.3) is 0 Å². The van der Waals surface area contributed by atoms with E-state index >= 15 is 0 Å². The number of ether oxygens (including phenoxy) is 7. The molecule has 0 radical (unpaired) electrons. The summed E-state index contributed by atoms with van der Waals surface area (Å²) in [4.78, 5) is 58.7. The van der Waals surface area contributed by atoms with Gasteiger partial charge in [0, 0.05) is 12.8 Å². The molecule has 1 aliphatic carbocycles. The lowest BCUT2D eigenvalue weighted by Gasteiger charge is -2.34. The molecule has 1 aromatic heterocycles. The van der Waals surface area contributed by atoms with Crippen LogP contribution in [0.2, 0.25) is 0 Å². The zero-order chi connectivity index (χ0) is 66.0. The normalized spacial score (nSPS) is 13.1. The fraction of sp³-hybridized carbons (Fsp3) is 0.284. The molecule has 0 N–H and O–H groups in total. The quantitative estimate of drug-likeness (QED) is 0.0307. The molecule has 14 heteroatoms. The molecule has 3 atom stereocenters. The molecule has 0 amide bonds. The Bertz CT molecular complexity index is 2930. The molecule has 0 bridgehead atoms. The zero-order valence-corrected chi connectivity index (χ0v) is 53.1. The fourth-order valence-corrected chi connectivity index (χ4v) is 8.13. The second-order valence-electron chi connectivity index (χ2n) is 20.1. The number of hydrogen-bond acceptors (Lipinski definition) is 14. The van der Waals surface area contributed by atoms with E-state index in [0.717, 1.165) is 36.0 Å². The Labute approximate surface area is 523 Å². The van der Waals surface area contributed by atoms with E-state index in [9.17, 15) is 19.2 Å². The molecule has 0 aliphatic heterocycles. The first kappa shape index (κ1) is 76.3. The Hall–Kier alpha value is -9.69. The highest BCUT2D eigenvalue weighted by atomic mass is 16.6. The maximum atomic E-state index is 12.0. The standard InChI is InChI=1S/C18H18O6.C12H15N3O3.C12H20O2.C12H14.C11H14.C9H10/c1-4-7-22-16(19)13-10-14(17(20)23-8-5-2)12-15(11-13)18(21)24-9-6-3;1-4-7-16-10-13-11(17-8-5-2)15-12(14-10)18-9-6-3;1-8(2)11-6-5-9(3)7-12(11)14-10(4)13;1-9(2)11-6-5-7-12(8-11)10(3)4;1-5-11-9(3)6-8(2)7-10(11)4;1-2-6-9-7-4-3-5-8-9/h4-6,10-12H,1-3,7-9H2;4-6H,1-3,7-9H2;9,11-12H,1,5-7H2,2-4H3;5-8H,1,3H2,2,4H3;5-7H,1H2,2-4H3;2-5,7-8H,1,6H2. The third-order valence-electron chi connectivity index (χ3n) is 12.2. The van der Waals surface area contributed by atoms with Crippen molar-refractivity contribution in [3.63, 3.8) is 0 Å². The summed E-state index contributed by atoms with van der Waals surface area (Å²) in [6.07, 6.45) is 17.1. The van der Waals surface area contributed by atoms with Gasteiger partial charge < -0.3 is 33.2 Å². The van der Waals surface area contributed by atoms with Gasteiger partial charge in [-0.25, -0.2) is 14.4 Å². The molecule has 468 valence electrons. The van der Waals surface area contributed by atoms with Crippen LogP contribution in [0.4, 0.5) is 0 Å². The number of esters is 4. The number of carbonyl (C=O) groups excluding carboxylic acids is 4. The van der Waals surface area contributed by atoms with E-state index in [0.29, 0.717) is 11.8 Å². The number of aromatic nitrogens is 3. The molecule has 6 rings (SSSR count). The van der Waals surface area contributed by atoms with Gasteiger partial charge in [0.05, 0.1) is 16.7 Å². The highest BCUT2D eigenvalue weighted by Crippen LogP contribution is 2.34. The summed E-state index contributed by atoms with van der Waals surface area (Å²) in [6.45, 7) is 57.1. The first-order valence-corrected chi connectivity index (χ1v) is 28.6. The van der Waals surface area contributed by atoms with Gasteiger partial charge in [-0.05, 0) is 131 Å². The van der Waals surface area contributed by atoms with E-state index in [1.807, 2.05) is 57.2 Å². The lowest BCUT2D eigenvalue weighted by atomic mass is 9.78. The molecular weight excluding hydrogens is 1110 g/mol. The maximum Gasteiger partial charge on any atom is 0.338 e. The minimum absolute atomic E-state index is 0.000214. The second kappa shape index (κ2) is 43.9. The smallest absolute Gasteiger partial charge is 0.338 e. The van der Waals surface area contributed by atoms with Crippen LogP contribution in [0, 0.1) is 32.6 Å². The van der Waals surface area contributed by atoms with Crippen molar-refractivity contribution in [3.05, 3.63) is 261 Å². The van der Waals surface area contributed by atoms with E-state index in [4.69, 9.17) is 33.2 Å². The monoisotopic (exact) mass is 1200 g/mol. The van der Waals surface area contributed by atoms with Crippen molar-refractivity contribution < 1.29 is 52.3 Å². The summed E-state index contributed by atoms with van der Waals surface area (Å²) in [7, 11) is 0. The molecule has 3 unspecified atom stereocenters.